The summed E-state index contributed by atoms with van der Waals surface area (Å²) in [6.07, 6.45) is 1.44. The van der Waals surface area contributed by atoms with Crippen molar-refractivity contribution >= 4 is 39.9 Å². The molecule has 1 aliphatic heterocycles. The Hall–Kier alpha value is -3.40. The maximum absolute atomic E-state index is 13.9. The first-order valence-corrected chi connectivity index (χ1v) is 9.98. The molecule has 162 valence electrons. The van der Waals surface area contributed by atoms with Crippen molar-refractivity contribution in [3.63, 3.8) is 0 Å². The van der Waals surface area contributed by atoms with Crippen LogP contribution in [-0.2, 0) is 16.1 Å². The highest BCUT2D eigenvalue weighted by Gasteiger charge is 2.34. The van der Waals surface area contributed by atoms with E-state index in [-0.39, 0.29) is 29.3 Å². The van der Waals surface area contributed by atoms with E-state index in [1.165, 1.54) is 24.3 Å². The lowest BCUT2D eigenvalue weighted by Crippen LogP contribution is -2.30. The molecule has 0 radical (unpaired) electrons. The monoisotopic (exact) mass is 492 g/mol. The average molecular weight is 493 g/mol. The number of urea groups is 1. The van der Waals surface area contributed by atoms with Crippen molar-refractivity contribution < 1.29 is 33.4 Å². The minimum atomic E-state index is -1.14. The van der Waals surface area contributed by atoms with Crippen LogP contribution in [0.3, 0.4) is 0 Å². The Balaban J connectivity index is 1.87. The van der Waals surface area contributed by atoms with Crippen LogP contribution in [0.5, 0.6) is 11.5 Å². The van der Waals surface area contributed by atoms with Crippen molar-refractivity contribution in [2.75, 3.05) is 13.2 Å². The first kappa shape index (κ1) is 22.3. The van der Waals surface area contributed by atoms with E-state index in [4.69, 9.17) is 14.6 Å². The lowest BCUT2D eigenvalue weighted by Gasteiger charge is -2.14. The second-order valence-corrected chi connectivity index (χ2v) is 7.27. The van der Waals surface area contributed by atoms with E-state index in [0.29, 0.717) is 16.6 Å². The van der Waals surface area contributed by atoms with Crippen LogP contribution in [0, 0.1) is 5.82 Å². The van der Waals surface area contributed by atoms with E-state index >= 15 is 0 Å². The van der Waals surface area contributed by atoms with Gasteiger partial charge in [-0.15, -0.1) is 0 Å². The summed E-state index contributed by atoms with van der Waals surface area (Å²) < 4.78 is 25.1. The van der Waals surface area contributed by atoms with Gasteiger partial charge in [-0.3, -0.25) is 9.69 Å². The third-order valence-corrected chi connectivity index (χ3v) is 4.82. The van der Waals surface area contributed by atoms with E-state index in [1.54, 1.807) is 25.1 Å². The number of hydrogen-bond acceptors (Lipinski definition) is 5. The molecule has 0 aliphatic carbocycles. The molecule has 3 rings (SSSR count). The normalized spacial score (nSPS) is 14.7. The van der Waals surface area contributed by atoms with Crippen LogP contribution < -0.4 is 14.8 Å². The Labute approximate surface area is 185 Å². The van der Waals surface area contributed by atoms with Gasteiger partial charge in [0.25, 0.3) is 5.91 Å². The molecule has 2 aromatic rings. The van der Waals surface area contributed by atoms with Gasteiger partial charge in [0.15, 0.2) is 18.1 Å². The quantitative estimate of drug-likeness (QED) is 0.431. The number of carbonyl (C=O) groups is 3. The fourth-order valence-corrected chi connectivity index (χ4v) is 3.46. The third kappa shape index (κ3) is 5.21. The minimum Gasteiger partial charge on any atom is -0.490 e. The predicted molar refractivity (Wildman–Crippen MR) is 112 cm³/mol. The molecule has 1 aliphatic rings. The Morgan fingerprint density at radius 2 is 2.00 bits per heavy atom. The number of carboxylic acids is 1. The molecule has 0 spiro atoms. The Bertz CT molecular complexity index is 1070. The van der Waals surface area contributed by atoms with Gasteiger partial charge < -0.3 is 19.9 Å². The summed E-state index contributed by atoms with van der Waals surface area (Å²) in [4.78, 5) is 36.7. The van der Waals surface area contributed by atoms with Gasteiger partial charge in [0.05, 0.1) is 17.6 Å². The average Bonchev–Trinajstić information content (AvgIpc) is 2.96. The fourth-order valence-electron chi connectivity index (χ4n) is 2.89. The summed E-state index contributed by atoms with van der Waals surface area (Å²) in [7, 11) is 0. The van der Waals surface area contributed by atoms with Gasteiger partial charge in [0, 0.05) is 5.56 Å². The zero-order valence-electron chi connectivity index (χ0n) is 16.4. The van der Waals surface area contributed by atoms with E-state index in [0.717, 1.165) is 4.90 Å². The molecule has 0 unspecified atom stereocenters. The van der Waals surface area contributed by atoms with Crippen LogP contribution in [0.15, 0.2) is 46.6 Å². The second kappa shape index (κ2) is 9.61. The molecule has 0 saturated carbocycles. The van der Waals surface area contributed by atoms with Crippen molar-refractivity contribution in [2.24, 2.45) is 0 Å². The second-order valence-electron chi connectivity index (χ2n) is 6.42. The van der Waals surface area contributed by atoms with Crippen molar-refractivity contribution in [1.82, 2.24) is 10.2 Å². The largest absolute Gasteiger partial charge is 0.490 e. The standard InChI is InChI=1S/C21H18BrFN2O6/c1-2-30-17-9-12(7-14(22)19(17)31-11-18(26)27)8-16-20(28)25(21(29)24-16)10-13-5-3-4-6-15(13)23/h3-9H,2,10-11H2,1H3,(H,24,29)(H,26,27)/b16-8+. The molecular formula is C21H18BrFN2O6. The lowest BCUT2D eigenvalue weighted by molar-refractivity contribution is -0.139. The maximum atomic E-state index is 13.9. The van der Waals surface area contributed by atoms with Crippen molar-refractivity contribution in [3.8, 4) is 11.5 Å². The molecular weight excluding hydrogens is 475 g/mol. The van der Waals surface area contributed by atoms with Gasteiger partial charge in [-0.1, -0.05) is 18.2 Å². The number of hydrogen-bond donors (Lipinski definition) is 2. The van der Waals surface area contributed by atoms with Crippen molar-refractivity contribution in [2.45, 2.75) is 13.5 Å². The number of ether oxygens (including phenoxy) is 2. The Morgan fingerprint density at radius 1 is 1.26 bits per heavy atom. The Kier molecular flexibility index (Phi) is 6.91. The summed E-state index contributed by atoms with van der Waals surface area (Å²) >= 11 is 3.31. The van der Waals surface area contributed by atoms with Crippen LogP contribution in [-0.4, -0.2) is 41.1 Å². The molecule has 3 amide bonds. The number of aliphatic carboxylic acids is 1. The topological polar surface area (TPSA) is 105 Å². The van der Waals surface area contributed by atoms with Crippen LogP contribution in [0.2, 0.25) is 0 Å². The molecule has 2 aromatic carbocycles. The maximum Gasteiger partial charge on any atom is 0.341 e. The predicted octanol–water partition coefficient (Wildman–Crippen LogP) is 3.54. The van der Waals surface area contributed by atoms with Crippen LogP contribution in [0.1, 0.15) is 18.1 Å². The highest BCUT2D eigenvalue weighted by molar-refractivity contribution is 9.10. The van der Waals surface area contributed by atoms with Crippen molar-refractivity contribution in [3.05, 3.63) is 63.5 Å². The van der Waals surface area contributed by atoms with E-state index < -0.39 is 30.3 Å². The van der Waals surface area contributed by atoms with E-state index in [1.807, 2.05) is 0 Å². The molecule has 0 aromatic heterocycles. The van der Waals surface area contributed by atoms with Gasteiger partial charge in [-0.05, 0) is 52.7 Å². The summed E-state index contributed by atoms with van der Waals surface area (Å²) in [5.41, 5.74) is 0.720. The first-order valence-electron chi connectivity index (χ1n) is 9.19. The van der Waals surface area contributed by atoms with E-state index in [9.17, 15) is 18.8 Å². The fraction of sp³-hybridized carbons (Fsp3) is 0.190. The number of halogens is 2. The highest BCUT2D eigenvalue weighted by Crippen LogP contribution is 2.37. The number of amides is 3. The number of benzene rings is 2. The summed E-state index contributed by atoms with van der Waals surface area (Å²) in [6, 6.07) is 8.38. The number of rotatable bonds is 8. The zero-order chi connectivity index (χ0) is 22.5. The molecule has 1 saturated heterocycles. The van der Waals surface area contributed by atoms with Gasteiger partial charge in [-0.25, -0.2) is 14.0 Å². The summed E-state index contributed by atoms with van der Waals surface area (Å²) in [5, 5.41) is 11.3. The van der Waals surface area contributed by atoms with Crippen LogP contribution in [0.4, 0.5) is 9.18 Å². The van der Waals surface area contributed by atoms with E-state index in [2.05, 4.69) is 21.2 Å². The number of carboxylic acid groups (broad SMARTS) is 1. The number of imide groups is 1. The molecule has 0 atom stereocenters. The molecule has 1 heterocycles. The summed E-state index contributed by atoms with van der Waals surface area (Å²) in [5.74, 6) is -1.79. The van der Waals surface area contributed by atoms with Crippen molar-refractivity contribution in [1.29, 1.82) is 0 Å². The van der Waals surface area contributed by atoms with Gasteiger partial charge in [0.2, 0.25) is 0 Å². The molecule has 0 bridgehead atoms. The third-order valence-electron chi connectivity index (χ3n) is 4.23. The number of nitrogens with one attached hydrogen (secondary N) is 1. The van der Waals surface area contributed by atoms with Gasteiger partial charge in [0.1, 0.15) is 11.5 Å². The lowest BCUT2D eigenvalue weighted by atomic mass is 10.1. The number of carbonyl (C=O) groups excluding carboxylic acids is 2. The zero-order valence-corrected chi connectivity index (χ0v) is 17.9. The molecule has 2 N–H and O–H groups in total. The molecule has 31 heavy (non-hydrogen) atoms. The van der Waals surface area contributed by atoms with Crippen LogP contribution in [0.25, 0.3) is 6.08 Å². The van der Waals surface area contributed by atoms with Gasteiger partial charge in [-0.2, -0.15) is 0 Å². The first-order chi connectivity index (χ1) is 14.8. The van der Waals surface area contributed by atoms with Gasteiger partial charge >= 0.3 is 12.0 Å². The highest BCUT2D eigenvalue weighted by atomic mass is 79.9. The SMILES string of the molecule is CCOc1cc(/C=C2/NC(=O)N(Cc3ccccc3F)C2=O)cc(Br)c1OCC(=O)O. The minimum absolute atomic E-state index is 0.00916. The number of nitrogens with zero attached hydrogens (tertiary/aromatic N) is 1. The summed E-state index contributed by atoms with van der Waals surface area (Å²) in [6.45, 7) is 1.28. The molecule has 1 fully saturated rings. The smallest absolute Gasteiger partial charge is 0.341 e. The Morgan fingerprint density at radius 3 is 2.68 bits per heavy atom. The molecule has 10 heteroatoms. The van der Waals surface area contributed by atoms with Crippen LogP contribution >= 0.6 is 15.9 Å². The molecule has 8 nitrogen and oxygen atoms in total.